The molecule has 1 aliphatic rings. The first-order chi connectivity index (χ1) is 12.0. The lowest BCUT2D eigenvalue weighted by Crippen LogP contribution is -2.49. The van der Waals surface area contributed by atoms with E-state index < -0.39 is 11.8 Å². The summed E-state index contributed by atoms with van der Waals surface area (Å²) in [4.78, 5) is 37.5. The average molecular weight is 347 g/mol. The van der Waals surface area contributed by atoms with Gasteiger partial charge in [-0.15, -0.1) is 0 Å². The number of likely N-dealkylation sites (tertiary alicyclic amines) is 1. The third-order valence-electron chi connectivity index (χ3n) is 4.35. The summed E-state index contributed by atoms with van der Waals surface area (Å²) in [6.07, 6.45) is 0.758. The van der Waals surface area contributed by atoms with Crippen molar-refractivity contribution < 1.29 is 19.1 Å². The molecule has 0 unspecified atom stereocenters. The van der Waals surface area contributed by atoms with E-state index in [2.05, 4.69) is 5.32 Å². The summed E-state index contributed by atoms with van der Waals surface area (Å²) in [5.41, 5.74) is 5.98. The Labute approximate surface area is 147 Å². The molecular formula is C18H25N3O4. The molecule has 7 nitrogen and oxygen atoms in total. The number of hydrogen-bond acceptors (Lipinski definition) is 4. The Kier molecular flexibility index (Phi) is 6.38. The fraction of sp³-hybridized carbons (Fsp3) is 0.500. The number of piperidine rings is 1. The second-order valence-electron chi connectivity index (χ2n) is 5.96. The van der Waals surface area contributed by atoms with Gasteiger partial charge in [-0.1, -0.05) is 12.1 Å². The highest BCUT2D eigenvalue weighted by atomic mass is 16.5. The van der Waals surface area contributed by atoms with Crippen LogP contribution in [0.25, 0.3) is 0 Å². The van der Waals surface area contributed by atoms with Crippen LogP contribution in [0.2, 0.25) is 0 Å². The summed E-state index contributed by atoms with van der Waals surface area (Å²) in [7, 11) is 0. The van der Waals surface area contributed by atoms with Gasteiger partial charge in [0.25, 0.3) is 0 Å². The predicted molar refractivity (Wildman–Crippen MR) is 92.7 cm³/mol. The van der Waals surface area contributed by atoms with Crippen molar-refractivity contribution in [2.24, 2.45) is 11.7 Å². The molecule has 0 spiro atoms. The number of nitrogens with two attached hydrogens (primary N) is 1. The highest BCUT2D eigenvalue weighted by Crippen LogP contribution is 2.37. The Balaban J connectivity index is 2.28. The van der Waals surface area contributed by atoms with Crippen molar-refractivity contribution in [1.82, 2.24) is 10.2 Å². The summed E-state index contributed by atoms with van der Waals surface area (Å²) in [5, 5.41) is 2.57. The molecule has 0 aromatic heterocycles. The maximum absolute atomic E-state index is 12.5. The molecule has 3 amide bonds. The predicted octanol–water partition coefficient (Wildman–Crippen LogP) is 0.986. The molecule has 1 heterocycles. The number of benzene rings is 1. The van der Waals surface area contributed by atoms with Crippen LogP contribution in [0.4, 0.5) is 0 Å². The number of rotatable bonds is 7. The molecule has 2 rings (SSSR count). The van der Waals surface area contributed by atoms with Crippen LogP contribution in [0.5, 0.6) is 5.75 Å². The Morgan fingerprint density at radius 3 is 2.52 bits per heavy atom. The van der Waals surface area contributed by atoms with Crippen molar-refractivity contribution in [3.63, 3.8) is 0 Å². The molecule has 0 saturated carbocycles. The fourth-order valence-electron chi connectivity index (χ4n) is 3.25. The van der Waals surface area contributed by atoms with Crippen molar-refractivity contribution in [3.8, 4) is 5.75 Å². The van der Waals surface area contributed by atoms with Gasteiger partial charge in [-0.2, -0.15) is 0 Å². The number of nitrogens with zero attached hydrogens (tertiary/aromatic N) is 1. The topological polar surface area (TPSA) is 102 Å². The minimum Gasteiger partial charge on any atom is -0.494 e. The van der Waals surface area contributed by atoms with E-state index in [0.717, 1.165) is 11.3 Å². The first-order valence-corrected chi connectivity index (χ1v) is 8.56. The van der Waals surface area contributed by atoms with Gasteiger partial charge in [-0.3, -0.25) is 14.4 Å². The van der Waals surface area contributed by atoms with Crippen molar-refractivity contribution in [3.05, 3.63) is 29.8 Å². The lowest BCUT2D eigenvalue weighted by molar-refractivity contribution is -0.143. The van der Waals surface area contributed by atoms with E-state index in [0.29, 0.717) is 26.0 Å². The van der Waals surface area contributed by atoms with E-state index in [9.17, 15) is 14.4 Å². The molecule has 0 bridgehead atoms. The smallest absolute Gasteiger partial charge is 0.236 e. The Morgan fingerprint density at radius 2 is 1.96 bits per heavy atom. The minimum absolute atomic E-state index is 0.0281. The molecule has 1 aromatic carbocycles. The van der Waals surface area contributed by atoms with Crippen LogP contribution in [0.15, 0.2) is 24.3 Å². The van der Waals surface area contributed by atoms with Gasteiger partial charge in [-0.05, 0) is 38.0 Å². The molecule has 1 aliphatic heterocycles. The monoisotopic (exact) mass is 347 g/mol. The molecule has 25 heavy (non-hydrogen) atoms. The lowest BCUT2D eigenvalue weighted by Gasteiger charge is -2.40. The second kappa shape index (κ2) is 8.50. The molecular weight excluding hydrogens is 322 g/mol. The largest absolute Gasteiger partial charge is 0.494 e. The highest BCUT2D eigenvalue weighted by molar-refractivity contribution is 5.88. The molecule has 2 atom stereocenters. The second-order valence-corrected chi connectivity index (χ2v) is 5.96. The van der Waals surface area contributed by atoms with Gasteiger partial charge in [-0.25, -0.2) is 0 Å². The minimum atomic E-state index is -0.592. The molecule has 1 saturated heterocycles. The number of ether oxygens (including phenoxy) is 1. The van der Waals surface area contributed by atoms with Crippen LogP contribution < -0.4 is 15.8 Å². The van der Waals surface area contributed by atoms with Crippen LogP contribution in [-0.4, -0.2) is 42.3 Å². The molecule has 136 valence electrons. The molecule has 3 N–H and O–H groups in total. The van der Waals surface area contributed by atoms with E-state index in [1.807, 2.05) is 38.1 Å². The molecule has 1 aromatic rings. The number of carbonyl (C=O) groups excluding carboxylic acids is 3. The lowest BCUT2D eigenvalue weighted by atomic mass is 9.83. The van der Waals surface area contributed by atoms with Crippen molar-refractivity contribution in [2.75, 3.05) is 19.7 Å². The van der Waals surface area contributed by atoms with Crippen molar-refractivity contribution in [1.29, 1.82) is 0 Å². The average Bonchev–Trinajstić information content (AvgIpc) is 2.60. The van der Waals surface area contributed by atoms with Crippen LogP contribution in [-0.2, 0) is 14.4 Å². The zero-order valence-electron chi connectivity index (χ0n) is 14.7. The number of carbonyl (C=O) groups is 3. The maximum Gasteiger partial charge on any atom is 0.236 e. The summed E-state index contributed by atoms with van der Waals surface area (Å²) >= 11 is 0. The zero-order valence-corrected chi connectivity index (χ0v) is 14.7. The summed E-state index contributed by atoms with van der Waals surface area (Å²) in [6, 6.07) is 7.07. The Bertz CT molecular complexity index is 630. The normalized spacial score (nSPS) is 20.2. The number of nitrogens with one attached hydrogen (secondary N) is 1. The standard InChI is InChI=1S/C18H25N3O4/c1-3-21-16(23)10-9-14(18(24)20-11-15(19)22)17(21)12-5-7-13(8-6-12)25-4-2/h5-8,14,17H,3-4,9-11H2,1-2H3,(H2,19,22)(H,20,24)/t14-,17+/m1/s1. The third kappa shape index (κ3) is 4.49. The van der Waals surface area contributed by atoms with E-state index in [-0.39, 0.29) is 24.4 Å². The zero-order chi connectivity index (χ0) is 18.4. The number of amides is 3. The maximum atomic E-state index is 12.5. The first-order valence-electron chi connectivity index (χ1n) is 8.56. The van der Waals surface area contributed by atoms with E-state index in [4.69, 9.17) is 10.5 Å². The fourth-order valence-corrected chi connectivity index (χ4v) is 3.25. The van der Waals surface area contributed by atoms with Crippen LogP contribution in [0.1, 0.15) is 38.3 Å². The summed E-state index contributed by atoms with van der Waals surface area (Å²) < 4.78 is 5.45. The van der Waals surface area contributed by atoms with E-state index in [1.54, 1.807) is 4.90 Å². The molecule has 7 heteroatoms. The van der Waals surface area contributed by atoms with Gasteiger partial charge < -0.3 is 20.7 Å². The summed E-state index contributed by atoms with van der Waals surface area (Å²) in [6.45, 7) is 4.68. The van der Waals surface area contributed by atoms with Crippen molar-refractivity contribution >= 4 is 17.7 Å². The number of hydrogen-bond donors (Lipinski definition) is 2. The summed E-state index contributed by atoms with van der Waals surface area (Å²) in [5.74, 6) is -0.504. The van der Waals surface area contributed by atoms with Gasteiger partial charge in [0.1, 0.15) is 5.75 Å². The van der Waals surface area contributed by atoms with Crippen molar-refractivity contribution in [2.45, 2.75) is 32.7 Å². The van der Waals surface area contributed by atoms with Gasteiger partial charge in [0, 0.05) is 13.0 Å². The van der Waals surface area contributed by atoms with Gasteiger partial charge in [0.15, 0.2) is 0 Å². The highest BCUT2D eigenvalue weighted by Gasteiger charge is 2.39. The van der Waals surface area contributed by atoms with Gasteiger partial charge >= 0.3 is 0 Å². The van der Waals surface area contributed by atoms with E-state index in [1.165, 1.54) is 0 Å². The molecule has 0 radical (unpaired) electrons. The van der Waals surface area contributed by atoms with Crippen LogP contribution >= 0.6 is 0 Å². The van der Waals surface area contributed by atoms with Gasteiger partial charge in [0.05, 0.1) is 25.1 Å². The SMILES string of the molecule is CCOc1ccc([C@H]2[C@H](C(=O)NCC(N)=O)CCC(=O)N2CC)cc1. The van der Waals surface area contributed by atoms with Crippen LogP contribution in [0, 0.1) is 5.92 Å². The quantitative estimate of drug-likeness (QED) is 0.768. The van der Waals surface area contributed by atoms with Gasteiger partial charge in [0.2, 0.25) is 17.7 Å². The Morgan fingerprint density at radius 1 is 1.28 bits per heavy atom. The molecule has 1 fully saturated rings. The Hall–Kier alpha value is -2.57. The molecule has 0 aliphatic carbocycles. The third-order valence-corrected chi connectivity index (χ3v) is 4.35. The first kappa shape index (κ1) is 18.8. The van der Waals surface area contributed by atoms with Crippen LogP contribution in [0.3, 0.4) is 0 Å². The number of primary amides is 1. The van der Waals surface area contributed by atoms with E-state index >= 15 is 0 Å².